The van der Waals surface area contributed by atoms with E-state index in [2.05, 4.69) is 30.3 Å². The average molecular weight is 277 g/mol. The molecule has 21 heavy (non-hydrogen) atoms. The van der Waals surface area contributed by atoms with Gasteiger partial charge in [-0.2, -0.15) is 0 Å². The molecule has 0 saturated heterocycles. The van der Waals surface area contributed by atoms with Crippen molar-refractivity contribution in [2.45, 2.75) is 44.6 Å². The van der Waals surface area contributed by atoms with Gasteiger partial charge in [-0.05, 0) is 70.9 Å². The Morgan fingerprint density at radius 3 is 2.38 bits per heavy atom. The summed E-state index contributed by atoms with van der Waals surface area (Å²) in [6, 6.07) is 11.8. The number of fused-ring (bicyclic) bond motifs is 1. The van der Waals surface area contributed by atoms with Crippen molar-refractivity contribution in [3.05, 3.63) is 47.0 Å². The highest BCUT2D eigenvalue weighted by molar-refractivity contribution is 5.93. The summed E-state index contributed by atoms with van der Waals surface area (Å²) in [6.07, 6.45) is 8.11. The van der Waals surface area contributed by atoms with Crippen LogP contribution < -0.4 is 5.73 Å². The van der Waals surface area contributed by atoms with E-state index in [1.54, 1.807) is 0 Å². The maximum Gasteiger partial charge on any atom is 0.0335 e. The fraction of sp³-hybridized carbons (Fsp3) is 0.500. The van der Waals surface area contributed by atoms with Crippen LogP contribution in [0.2, 0.25) is 0 Å². The van der Waals surface area contributed by atoms with Gasteiger partial charge in [-0.15, -0.1) is 0 Å². The topological polar surface area (TPSA) is 26.0 Å². The van der Waals surface area contributed by atoms with Crippen LogP contribution in [-0.2, 0) is 12.8 Å². The van der Waals surface area contributed by atoms with Crippen molar-refractivity contribution < 1.29 is 0 Å². The van der Waals surface area contributed by atoms with Gasteiger partial charge in [0, 0.05) is 6.04 Å². The quantitative estimate of drug-likeness (QED) is 0.866. The third-order valence-electron chi connectivity index (χ3n) is 6.41. The standard InChI is InChI=1S/C20H23N/c21-20(19-14-5-1-2-6-15(14)19)17-11-10-13-9-8-12-4-3-7-16(17)18(12)13/h3-4,7,10-11,14-15,19-20H,1-2,5-6,8-9,21H2. The van der Waals surface area contributed by atoms with Gasteiger partial charge in [0.25, 0.3) is 0 Å². The molecular weight excluding hydrogens is 254 g/mol. The van der Waals surface area contributed by atoms with Crippen LogP contribution in [0.3, 0.4) is 0 Å². The van der Waals surface area contributed by atoms with Crippen molar-refractivity contribution in [2.24, 2.45) is 23.5 Å². The van der Waals surface area contributed by atoms with E-state index in [0.717, 1.165) is 17.8 Å². The highest BCUT2D eigenvalue weighted by Crippen LogP contribution is 2.60. The largest absolute Gasteiger partial charge is 0.324 e. The Morgan fingerprint density at radius 2 is 1.62 bits per heavy atom. The van der Waals surface area contributed by atoms with Crippen LogP contribution >= 0.6 is 0 Å². The van der Waals surface area contributed by atoms with Crippen molar-refractivity contribution in [3.63, 3.8) is 0 Å². The predicted molar refractivity (Wildman–Crippen MR) is 87.2 cm³/mol. The zero-order chi connectivity index (χ0) is 14.0. The van der Waals surface area contributed by atoms with Crippen LogP contribution in [0.5, 0.6) is 0 Å². The molecule has 3 aliphatic carbocycles. The van der Waals surface area contributed by atoms with Crippen LogP contribution in [0.1, 0.15) is 48.4 Å². The fourth-order valence-corrected chi connectivity index (χ4v) is 5.35. The molecule has 2 N–H and O–H groups in total. The van der Waals surface area contributed by atoms with E-state index >= 15 is 0 Å². The first-order chi connectivity index (χ1) is 10.3. The molecule has 2 aromatic carbocycles. The molecule has 0 bridgehead atoms. The van der Waals surface area contributed by atoms with Gasteiger partial charge in [0.1, 0.15) is 0 Å². The van der Waals surface area contributed by atoms with Gasteiger partial charge in [-0.25, -0.2) is 0 Å². The molecule has 0 spiro atoms. The minimum Gasteiger partial charge on any atom is -0.324 e. The Morgan fingerprint density at radius 1 is 0.905 bits per heavy atom. The fourth-order valence-electron chi connectivity index (χ4n) is 5.35. The van der Waals surface area contributed by atoms with E-state index in [9.17, 15) is 0 Å². The first-order valence-electron chi connectivity index (χ1n) is 8.63. The van der Waals surface area contributed by atoms with Gasteiger partial charge >= 0.3 is 0 Å². The number of rotatable bonds is 2. The summed E-state index contributed by atoms with van der Waals surface area (Å²) in [7, 11) is 0. The molecule has 3 atom stereocenters. The third-order valence-corrected chi connectivity index (χ3v) is 6.41. The Kier molecular flexibility index (Phi) is 2.52. The van der Waals surface area contributed by atoms with E-state index in [-0.39, 0.29) is 6.04 Å². The molecular formula is C20H23N. The maximum atomic E-state index is 6.75. The summed E-state index contributed by atoms with van der Waals surface area (Å²) < 4.78 is 0. The van der Waals surface area contributed by atoms with Gasteiger partial charge < -0.3 is 5.73 Å². The van der Waals surface area contributed by atoms with Crippen molar-refractivity contribution in [1.82, 2.24) is 0 Å². The SMILES string of the molecule is NC(c1ccc2c3c(cccc13)CC2)C1C2CCCCC21. The van der Waals surface area contributed by atoms with Crippen LogP contribution in [0.25, 0.3) is 10.8 Å². The van der Waals surface area contributed by atoms with Crippen molar-refractivity contribution in [2.75, 3.05) is 0 Å². The zero-order valence-electron chi connectivity index (χ0n) is 12.5. The molecule has 2 aromatic rings. The lowest BCUT2D eigenvalue weighted by atomic mass is 9.92. The molecule has 0 aromatic heterocycles. The van der Waals surface area contributed by atoms with Gasteiger partial charge in [0.15, 0.2) is 0 Å². The van der Waals surface area contributed by atoms with E-state index < -0.39 is 0 Å². The number of nitrogens with two attached hydrogens (primary N) is 1. The molecule has 3 aliphatic rings. The number of hydrogen-bond acceptors (Lipinski definition) is 1. The van der Waals surface area contributed by atoms with E-state index in [1.165, 1.54) is 66.0 Å². The Labute approximate surface area is 126 Å². The molecule has 2 saturated carbocycles. The Hall–Kier alpha value is -1.34. The first-order valence-corrected chi connectivity index (χ1v) is 8.63. The lowest BCUT2D eigenvalue weighted by Crippen LogP contribution is -2.15. The minimum atomic E-state index is 0.253. The van der Waals surface area contributed by atoms with Gasteiger partial charge in [0.2, 0.25) is 0 Å². The summed E-state index contributed by atoms with van der Waals surface area (Å²) in [5, 5.41) is 2.97. The normalized spacial score (nSPS) is 31.2. The molecule has 1 nitrogen and oxygen atoms in total. The van der Waals surface area contributed by atoms with Crippen LogP contribution in [0.15, 0.2) is 30.3 Å². The lowest BCUT2D eigenvalue weighted by molar-refractivity contribution is 0.480. The molecule has 0 amide bonds. The Balaban J connectivity index is 1.59. The number of benzene rings is 2. The van der Waals surface area contributed by atoms with Crippen LogP contribution in [-0.4, -0.2) is 0 Å². The van der Waals surface area contributed by atoms with E-state index in [4.69, 9.17) is 5.73 Å². The lowest BCUT2D eigenvalue weighted by Gasteiger charge is -2.16. The molecule has 0 radical (unpaired) electrons. The highest BCUT2D eigenvalue weighted by atomic mass is 14.7. The van der Waals surface area contributed by atoms with Crippen molar-refractivity contribution >= 4 is 10.8 Å². The summed E-state index contributed by atoms with van der Waals surface area (Å²) in [6.45, 7) is 0. The van der Waals surface area contributed by atoms with Crippen LogP contribution in [0, 0.1) is 17.8 Å². The summed E-state index contributed by atoms with van der Waals surface area (Å²) >= 11 is 0. The molecule has 0 aliphatic heterocycles. The van der Waals surface area contributed by atoms with E-state index in [0.29, 0.717) is 0 Å². The maximum absolute atomic E-state index is 6.75. The number of hydrogen-bond donors (Lipinski definition) is 1. The Bertz CT molecular complexity index is 695. The molecule has 1 heteroatoms. The second kappa shape index (κ2) is 4.33. The van der Waals surface area contributed by atoms with Gasteiger partial charge in [0.05, 0.1) is 0 Å². The molecule has 2 fully saturated rings. The second-order valence-corrected chi connectivity index (χ2v) is 7.37. The van der Waals surface area contributed by atoms with Crippen molar-refractivity contribution in [1.29, 1.82) is 0 Å². The van der Waals surface area contributed by atoms with Crippen molar-refractivity contribution in [3.8, 4) is 0 Å². The molecule has 108 valence electrons. The summed E-state index contributed by atoms with van der Waals surface area (Å²) in [5.41, 5.74) is 11.2. The second-order valence-electron chi connectivity index (χ2n) is 7.37. The first kappa shape index (κ1) is 12.2. The predicted octanol–water partition coefficient (Wildman–Crippen LogP) is 4.37. The highest BCUT2D eigenvalue weighted by Gasteiger charge is 2.53. The van der Waals surface area contributed by atoms with Crippen LogP contribution in [0.4, 0.5) is 0 Å². The monoisotopic (exact) mass is 277 g/mol. The zero-order valence-corrected chi connectivity index (χ0v) is 12.5. The molecule has 0 heterocycles. The van der Waals surface area contributed by atoms with Gasteiger partial charge in [-0.1, -0.05) is 43.2 Å². The summed E-state index contributed by atoms with van der Waals surface area (Å²) in [4.78, 5) is 0. The molecule has 5 rings (SSSR count). The summed E-state index contributed by atoms with van der Waals surface area (Å²) in [5.74, 6) is 2.61. The van der Waals surface area contributed by atoms with E-state index in [1.807, 2.05) is 0 Å². The smallest absolute Gasteiger partial charge is 0.0335 e. The third kappa shape index (κ3) is 1.67. The number of aryl methyl sites for hydroxylation is 2. The van der Waals surface area contributed by atoms with Gasteiger partial charge in [-0.3, -0.25) is 0 Å². The average Bonchev–Trinajstić information content (AvgIpc) is 3.12. The molecule has 3 unspecified atom stereocenters. The minimum absolute atomic E-state index is 0.253.